The van der Waals surface area contributed by atoms with Crippen LogP contribution in [0.15, 0.2) is 24.3 Å². The molecular weight excluding hydrogens is 272 g/mol. The largest absolute Gasteiger partial charge is 0.389 e. The van der Waals surface area contributed by atoms with Crippen LogP contribution in [0.2, 0.25) is 5.02 Å². The molecule has 114 valence electrons. The molecule has 0 saturated heterocycles. The molecular formula is C16H27ClN2O. The molecule has 4 heteroatoms. The molecule has 3 N–H and O–H groups in total. The summed E-state index contributed by atoms with van der Waals surface area (Å²) in [5, 5.41) is 10.8. The van der Waals surface area contributed by atoms with E-state index in [0.717, 1.165) is 23.6 Å². The molecule has 0 heterocycles. The van der Waals surface area contributed by atoms with Crippen LogP contribution in [0.5, 0.6) is 0 Å². The molecule has 20 heavy (non-hydrogen) atoms. The van der Waals surface area contributed by atoms with Gasteiger partial charge in [-0.2, -0.15) is 0 Å². The number of benzene rings is 1. The predicted octanol–water partition coefficient (Wildman–Crippen LogP) is 3.21. The summed E-state index contributed by atoms with van der Waals surface area (Å²) in [5.74, 6) is 0. The van der Waals surface area contributed by atoms with Crippen molar-refractivity contribution in [2.24, 2.45) is 5.73 Å². The minimum Gasteiger partial charge on any atom is -0.389 e. The molecule has 0 spiro atoms. The first kappa shape index (κ1) is 17.4. The van der Waals surface area contributed by atoms with Crippen molar-refractivity contribution >= 4 is 11.6 Å². The number of aliphatic hydroxyl groups is 1. The van der Waals surface area contributed by atoms with Gasteiger partial charge in [0.05, 0.1) is 11.6 Å². The summed E-state index contributed by atoms with van der Waals surface area (Å²) in [6.45, 7) is 9.22. The second-order valence-corrected chi connectivity index (χ2v) is 6.38. The predicted molar refractivity (Wildman–Crippen MR) is 86.0 cm³/mol. The number of nitrogens with zero attached hydrogens (tertiary/aromatic N) is 1. The van der Waals surface area contributed by atoms with Gasteiger partial charge in [-0.25, -0.2) is 0 Å². The van der Waals surface area contributed by atoms with Crippen LogP contribution < -0.4 is 5.73 Å². The number of nitrogens with two attached hydrogens (primary N) is 1. The fourth-order valence-corrected chi connectivity index (χ4v) is 2.75. The normalized spacial score (nSPS) is 15.4. The van der Waals surface area contributed by atoms with Crippen molar-refractivity contribution in [2.45, 2.75) is 51.8 Å². The first-order valence-electron chi connectivity index (χ1n) is 7.26. The first-order valence-corrected chi connectivity index (χ1v) is 7.63. The second kappa shape index (κ2) is 7.41. The Morgan fingerprint density at radius 2 is 2.00 bits per heavy atom. The van der Waals surface area contributed by atoms with Gasteiger partial charge in [-0.15, -0.1) is 0 Å². The number of hydrogen-bond donors (Lipinski definition) is 2. The van der Waals surface area contributed by atoms with Crippen molar-refractivity contribution in [3.05, 3.63) is 34.9 Å². The van der Waals surface area contributed by atoms with E-state index in [0.29, 0.717) is 6.54 Å². The zero-order valence-corrected chi connectivity index (χ0v) is 13.7. The van der Waals surface area contributed by atoms with Crippen LogP contribution in [0.3, 0.4) is 0 Å². The third-order valence-electron chi connectivity index (χ3n) is 3.46. The molecule has 1 aromatic carbocycles. The summed E-state index contributed by atoms with van der Waals surface area (Å²) in [6, 6.07) is 7.91. The lowest BCUT2D eigenvalue weighted by molar-refractivity contribution is 0.0174. The molecule has 1 aromatic rings. The van der Waals surface area contributed by atoms with Crippen LogP contribution in [0.4, 0.5) is 0 Å². The van der Waals surface area contributed by atoms with E-state index in [-0.39, 0.29) is 12.1 Å². The minimum absolute atomic E-state index is 0.00997. The minimum atomic E-state index is -0.750. The summed E-state index contributed by atoms with van der Waals surface area (Å²) in [6.07, 6.45) is 0.875. The topological polar surface area (TPSA) is 49.5 Å². The Bertz CT molecular complexity index is 417. The highest BCUT2D eigenvalue weighted by Crippen LogP contribution is 2.28. The maximum absolute atomic E-state index is 10.1. The van der Waals surface area contributed by atoms with Crippen LogP contribution >= 0.6 is 11.6 Å². The molecule has 0 amide bonds. The Balaban J connectivity index is 3.10. The van der Waals surface area contributed by atoms with Gasteiger partial charge in [0.25, 0.3) is 0 Å². The molecule has 2 unspecified atom stereocenters. The average Bonchev–Trinajstić information content (AvgIpc) is 2.36. The Morgan fingerprint density at radius 1 is 1.35 bits per heavy atom. The van der Waals surface area contributed by atoms with Gasteiger partial charge in [0.15, 0.2) is 0 Å². The number of rotatable bonds is 7. The van der Waals surface area contributed by atoms with Gasteiger partial charge in [0.1, 0.15) is 0 Å². The van der Waals surface area contributed by atoms with Crippen LogP contribution in [0.25, 0.3) is 0 Å². The SMILES string of the molecule is CCC(N)C(c1cccc(Cl)c1)N(CC)CC(C)(C)O. The maximum atomic E-state index is 10.1. The number of likely N-dealkylation sites (N-methyl/N-ethyl adjacent to an activating group) is 1. The van der Waals surface area contributed by atoms with Gasteiger partial charge in [0, 0.05) is 17.6 Å². The first-order chi connectivity index (χ1) is 9.28. The molecule has 0 saturated carbocycles. The summed E-state index contributed by atoms with van der Waals surface area (Å²) >= 11 is 6.11. The highest BCUT2D eigenvalue weighted by atomic mass is 35.5. The van der Waals surface area contributed by atoms with Gasteiger partial charge in [-0.1, -0.05) is 37.6 Å². The van der Waals surface area contributed by atoms with E-state index in [9.17, 15) is 5.11 Å². The van der Waals surface area contributed by atoms with Gasteiger partial charge in [-0.05, 0) is 44.5 Å². The molecule has 3 nitrogen and oxygen atoms in total. The number of halogens is 1. The molecule has 0 aliphatic carbocycles. The van der Waals surface area contributed by atoms with Crippen LogP contribution in [-0.2, 0) is 0 Å². The standard InChI is InChI=1S/C16H27ClN2O/c1-5-14(18)15(12-8-7-9-13(17)10-12)19(6-2)11-16(3,4)20/h7-10,14-15,20H,5-6,11,18H2,1-4H3. The second-order valence-electron chi connectivity index (χ2n) is 5.95. The van der Waals surface area contributed by atoms with Crippen molar-refractivity contribution in [2.75, 3.05) is 13.1 Å². The number of hydrogen-bond acceptors (Lipinski definition) is 3. The van der Waals surface area contributed by atoms with Crippen molar-refractivity contribution in [3.63, 3.8) is 0 Å². The smallest absolute Gasteiger partial charge is 0.0718 e. The van der Waals surface area contributed by atoms with Crippen LogP contribution in [0, 0.1) is 0 Å². The maximum Gasteiger partial charge on any atom is 0.0718 e. The molecule has 2 atom stereocenters. The molecule has 0 radical (unpaired) electrons. The summed E-state index contributed by atoms with van der Waals surface area (Å²) in [4.78, 5) is 2.22. The lowest BCUT2D eigenvalue weighted by Gasteiger charge is -2.38. The average molecular weight is 299 g/mol. The van der Waals surface area contributed by atoms with E-state index in [2.05, 4.69) is 24.8 Å². The van der Waals surface area contributed by atoms with E-state index >= 15 is 0 Å². The Labute approximate surface area is 127 Å². The van der Waals surface area contributed by atoms with Gasteiger partial charge in [0.2, 0.25) is 0 Å². The summed E-state index contributed by atoms with van der Waals surface area (Å²) in [5.41, 5.74) is 6.69. The Morgan fingerprint density at radius 3 is 2.45 bits per heavy atom. The van der Waals surface area contributed by atoms with Crippen molar-refractivity contribution < 1.29 is 5.11 Å². The molecule has 0 fully saturated rings. The molecule has 0 aromatic heterocycles. The zero-order chi connectivity index (χ0) is 15.3. The monoisotopic (exact) mass is 298 g/mol. The van der Waals surface area contributed by atoms with E-state index in [1.165, 1.54) is 0 Å². The lowest BCUT2D eigenvalue weighted by atomic mass is 9.95. The van der Waals surface area contributed by atoms with Crippen molar-refractivity contribution in [1.82, 2.24) is 4.90 Å². The molecule has 0 bridgehead atoms. The van der Waals surface area contributed by atoms with E-state index in [4.69, 9.17) is 17.3 Å². The lowest BCUT2D eigenvalue weighted by Crippen LogP contribution is -2.46. The Kier molecular flexibility index (Phi) is 6.46. The van der Waals surface area contributed by atoms with E-state index in [1.54, 1.807) is 0 Å². The van der Waals surface area contributed by atoms with Crippen molar-refractivity contribution in [1.29, 1.82) is 0 Å². The Hall–Kier alpha value is -0.610. The third kappa shape index (κ3) is 5.06. The molecule has 0 aliphatic rings. The molecule has 1 rings (SSSR count). The van der Waals surface area contributed by atoms with Gasteiger partial charge < -0.3 is 10.8 Å². The summed E-state index contributed by atoms with van der Waals surface area (Å²) in [7, 11) is 0. The summed E-state index contributed by atoms with van der Waals surface area (Å²) < 4.78 is 0. The zero-order valence-electron chi connectivity index (χ0n) is 12.9. The quantitative estimate of drug-likeness (QED) is 0.812. The van der Waals surface area contributed by atoms with Gasteiger partial charge in [-0.3, -0.25) is 4.90 Å². The highest BCUT2D eigenvalue weighted by molar-refractivity contribution is 6.30. The fraction of sp³-hybridized carbons (Fsp3) is 0.625. The van der Waals surface area contributed by atoms with Crippen LogP contribution in [-0.4, -0.2) is 34.7 Å². The van der Waals surface area contributed by atoms with E-state index in [1.807, 2.05) is 32.0 Å². The van der Waals surface area contributed by atoms with Crippen molar-refractivity contribution in [3.8, 4) is 0 Å². The van der Waals surface area contributed by atoms with Crippen LogP contribution in [0.1, 0.15) is 45.7 Å². The third-order valence-corrected chi connectivity index (χ3v) is 3.69. The van der Waals surface area contributed by atoms with Gasteiger partial charge >= 0.3 is 0 Å². The fourth-order valence-electron chi connectivity index (χ4n) is 2.55. The van der Waals surface area contributed by atoms with E-state index < -0.39 is 5.60 Å². The molecule has 0 aliphatic heterocycles. The highest BCUT2D eigenvalue weighted by Gasteiger charge is 2.28.